The minimum absolute atomic E-state index is 0.320. The number of nitrogens with one attached hydrogen (secondary N) is 1. The Hall–Kier alpha value is -2.64. The standard InChI is InChI=1S/C19H18N6S/c1-2-9-20-19(6-1)25-18-5-3-4-15(14(18)12-22-25)21-11-13-7-8-16-17(10-13)24-26-23-16/h1-2,6-10,12,15,21H,3-5,11H2/t15-/m1/s1. The lowest BCUT2D eigenvalue weighted by atomic mass is 9.92. The highest BCUT2D eigenvalue weighted by atomic mass is 32.1. The van der Waals surface area contributed by atoms with E-state index >= 15 is 0 Å². The van der Waals surface area contributed by atoms with Crippen LogP contribution in [0.15, 0.2) is 48.8 Å². The van der Waals surface area contributed by atoms with Crippen LogP contribution in [0.4, 0.5) is 0 Å². The Morgan fingerprint density at radius 2 is 2.12 bits per heavy atom. The smallest absolute Gasteiger partial charge is 0.153 e. The summed E-state index contributed by atoms with van der Waals surface area (Å²) in [6.45, 7) is 0.812. The molecule has 0 fully saturated rings. The Morgan fingerprint density at radius 3 is 3.04 bits per heavy atom. The lowest BCUT2D eigenvalue weighted by Gasteiger charge is -2.24. The molecule has 0 saturated heterocycles. The third kappa shape index (κ3) is 2.79. The van der Waals surface area contributed by atoms with Gasteiger partial charge in [-0.25, -0.2) is 9.67 Å². The van der Waals surface area contributed by atoms with E-state index in [4.69, 9.17) is 0 Å². The van der Waals surface area contributed by atoms with Crippen LogP contribution in [0.2, 0.25) is 0 Å². The number of hydrogen-bond donors (Lipinski definition) is 1. The molecule has 1 N–H and O–H groups in total. The number of pyridine rings is 1. The van der Waals surface area contributed by atoms with Crippen LogP contribution in [0.5, 0.6) is 0 Å². The Morgan fingerprint density at radius 1 is 1.15 bits per heavy atom. The minimum Gasteiger partial charge on any atom is -0.306 e. The molecule has 3 heterocycles. The molecule has 1 atom stereocenters. The predicted molar refractivity (Wildman–Crippen MR) is 101 cm³/mol. The molecule has 5 rings (SSSR count). The maximum Gasteiger partial charge on any atom is 0.153 e. The summed E-state index contributed by atoms with van der Waals surface area (Å²) in [5.74, 6) is 0.885. The zero-order valence-corrected chi connectivity index (χ0v) is 15.0. The van der Waals surface area contributed by atoms with Gasteiger partial charge in [-0.3, -0.25) is 0 Å². The maximum absolute atomic E-state index is 4.60. The quantitative estimate of drug-likeness (QED) is 0.602. The van der Waals surface area contributed by atoms with E-state index in [9.17, 15) is 0 Å². The fraction of sp³-hybridized carbons (Fsp3) is 0.263. The molecule has 0 spiro atoms. The summed E-state index contributed by atoms with van der Waals surface area (Å²) in [5.41, 5.74) is 5.73. The van der Waals surface area contributed by atoms with Crippen LogP contribution in [0.1, 0.15) is 35.7 Å². The molecule has 0 bridgehead atoms. The summed E-state index contributed by atoms with van der Waals surface area (Å²) in [7, 11) is 0. The van der Waals surface area contributed by atoms with E-state index in [1.54, 1.807) is 0 Å². The van der Waals surface area contributed by atoms with Crippen molar-refractivity contribution in [3.05, 3.63) is 65.6 Å². The highest BCUT2D eigenvalue weighted by molar-refractivity contribution is 7.00. The van der Waals surface area contributed by atoms with E-state index < -0.39 is 0 Å². The van der Waals surface area contributed by atoms with Crippen molar-refractivity contribution < 1.29 is 0 Å². The topological polar surface area (TPSA) is 68.5 Å². The molecule has 26 heavy (non-hydrogen) atoms. The molecule has 7 heteroatoms. The van der Waals surface area contributed by atoms with Crippen molar-refractivity contribution in [1.82, 2.24) is 28.8 Å². The molecule has 1 aromatic carbocycles. The van der Waals surface area contributed by atoms with Gasteiger partial charge in [-0.05, 0) is 49.1 Å². The van der Waals surface area contributed by atoms with Crippen molar-refractivity contribution in [3.63, 3.8) is 0 Å². The van der Waals surface area contributed by atoms with E-state index in [2.05, 4.69) is 36.3 Å². The zero-order valence-electron chi connectivity index (χ0n) is 14.2. The first-order chi connectivity index (χ1) is 12.9. The van der Waals surface area contributed by atoms with Gasteiger partial charge in [-0.2, -0.15) is 13.8 Å². The number of fused-ring (bicyclic) bond motifs is 2. The first-order valence-corrected chi connectivity index (χ1v) is 9.54. The molecule has 0 amide bonds. The van der Waals surface area contributed by atoms with Gasteiger partial charge in [0, 0.05) is 24.3 Å². The van der Waals surface area contributed by atoms with E-state index in [1.165, 1.54) is 28.5 Å². The highest BCUT2D eigenvalue weighted by Crippen LogP contribution is 2.31. The summed E-state index contributed by atoms with van der Waals surface area (Å²) in [4.78, 5) is 4.44. The minimum atomic E-state index is 0.320. The van der Waals surface area contributed by atoms with Gasteiger partial charge in [-0.1, -0.05) is 12.1 Å². The molecular formula is C19H18N6S. The number of hydrogen-bond acceptors (Lipinski definition) is 6. The van der Waals surface area contributed by atoms with Crippen molar-refractivity contribution in [2.24, 2.45) is 0 Å². The molecule has 4 aromatic rings. The maximum atomic E-state index is 4.60. The second kappa shape index (κ2) is 6.59. The molecule has 1 aliphatic rings. The van der Waals surface area contributed by atoms with Crippen LogP contribution in [-0.2, 0) is 13.0 Å². The first kappa shape index (κ1) is 15.6. The Kier molecular flexibility index (Phi) is 3.95. The zero-order chi connectivity index (χ0) is 17.3. The Labute approximate surface area is 155 Å². The fourth-order valence-corrected chi connectivity index (χ4v) is 4.14. The SMILES string of the molecule is c1ccc(-n2ncc3c2CCC[C@H]3NCc2ccc3nsnc3c2)nc1. The van der Waals surface area contributed by atoms with Gasteiger partial charge in [-0.15, -0.1) is 0 Å². The summed E-state index contributed by atoms with van der Waals surface area (Å²) < 4.78 is 10.6. The van der Waals surface area contributed by atoms with Crippen LogP contribution in [-0.4, -0.2) is 23.5 Å². The summed E-state index contributed by atoms with van der Waals surface area (Å²) in [5, 5.41) is 8.30. The molecule has 3 aromatic heterocycles. The number of nitrogens with zero attached hydrogens (tertiary/aromatic N) is 5. The van der Waals surface area contributed by atoms with Crippen LogP contribution < -0.4 is 5.32 Å². The van der Waals surface area contributed by atoms with Gasteiger partial charge in [0.15, 0.2) is 5.82 Å². The normalized spacial score (nSPS) is 16.7. The predicted octanol–water partition coefficient (Wildman–Crippen LogP) is 3.44. The second-order valence-electron chi connectivity index (χ2n) is 6.56. The van der Waals surface area contributed by atoms with Crippen molar-refractivity contribution in [2.45, 2.75) is 31.8 Å². The number of benzene rings is 1. The fourth-order valence-electron chi connectivity index (χ4n) is 3.62. The van der Waals surface area contributed by atoms with Crippen molar-refractivity contribution in [1.29, 1.82) is 0 Å². The van der Waals surface area contributed by atoms with Crippen LogP contribution in [0.25, 0.3) is 16.9 Å². The molecule has 1 aliphatic carbocycles. The molecule has 0 radical (unpaired) electrons. The summed E-state index contributed by atoms with van der Waals surface area (Å²) >= 11 is 1.26. The lowest BCUT2D eigenvalue weighted by molar-refractivity contribution is 0.454. The van der Waals surface area contributed by atoms with Crippen LogP contribution >= 0.6 is 11.7 Å². The van der Waals surface area contributed by atoms with Crippen molar-refractivity contribution in [2.75, 3.05) is 0 Å². The third-order valence-electron chi connectivity index (χ3n) is 4.92. The third-order valence-corrected chi connectivity index (χ3v) is 5.48. The van der Waals surface area contributed by atoms with Gasteiger partial charge in [0.2, 0.25) is 0 Å². The molecule has 130 valence electrons. The van der Waals surface area contributed by atoms with E-state index in [-0.39, 0.29) is 0 Å². The van der Waals surface area contributed by atoms with Gasteiger partial charge in [0.1, 0.15) is 11.0 Å². The van der Waals surface area contributed by atoms with Gasteiger partial charge >= 0.3 is 0 Å². The number of rotatable bonds is 4. The average molecular weight is 362 g/mol. The first-order valence-electron chi connectivity index (χ1n) is 8.81. The van der Waals surface area contributed by atoms with E-state index in [0.717, 1.165) is 42.7 Å². The molecule has 0 aliphatic heterocycles. The Bertz CT molecular complexity index is 1040. The van der Waals surface area contributed by atoms with Crippen LogP contribution in [0.3, 0.4) is 0 Å². The molecule has 0 saturated carbocycles. The second-order valence-corrected chi connectivity index (χ2v) is 7.09. The van der Waals surface area contributed by atoms with Crippen LogP contribution in [0, 0.1) is 0 Å². The summed E-state index contributed by atoms with van der Waals surface area (Å²) in [6.07, 6.45) is 7.13. The average Bonchev–Trinajstić information content (AvgIpc) is 3.33. The molecule has 0 unspecified atom stereocenters. The lowest BCUT2D eigenvalue weighted by Crippen LogP contribution is -2.25. The molecule has 6 nitrogen and oxygen atoms in total. The van der Waals surface area contributed by atoms with Gasteiger partial charge in [0.05, 0.1) is 23.6 Å². The largest absolute Gasteiger partial charge is 0.306 e. The van der Waals surface area contributed by atoms with E-state index in [0.29, 0.717) is 6.04 Å². The summed E-state index contributed by atoms with van der Waals surface area (Å²) in [6, 6.07) is 12.5. The van der Waals surface area contributed by atoms with Crippen molar-refractivity contribution >= 4 is 22.8 Å². The number of aromatic nitrogens is 5. The highest BCUT2D eigenvalue weighted by Gasteiger charge is 2.24. The molecular weight excluding hydrogens is 344 g/mol. The van der Waals surface area contributed by atoms with Crippen molar-refractivity contribution in [3.8, 4) is 5.82 Å². The Balaban J connectivity index is 1.37. The van der Waals surface area contributed by atoms with Gasteiger partial charge in [0.25, 0.3) is 0 Å². The van der Waals surface area contributed by atoms with E-state index in [1.807, 2.05) is 41.3 Å². The monoisotopic (exact) mass is 362 g/mol. The van der Waals surface area contributed by atoms with Gasteiger partial charge < -0.3 is 5.32 Å².